The molecule has 18 heavy (non-hydrogen) atoms. The first-order valence-corrected chi connectivity index (χ1v) is 6.21. The molecule has 4 heteroatoms. The van der Waals surface area contributed by atoms with Crippen LogP contribution in [0.25, 0.3) is 0 Å². The quantitative estimate of drug-likeness (QED) is 0.823. The molecule has 1 aliphatic rings. The molecule has 0 saturated carbocycles. The Morgan fingerprint density at radius 1 is 1.44 bits per heavy atom. The molecule has 2 amide bonds. The van der Waals surface area contributed by atoms with Gasteiger partial charge in [-0.05, 0) is 24.5 Å². The highest BCUT2D eigenvalue weighted by Gasteiger charge is 2.32. The highest BCUT2D eigenvalue weighted by atomic mass is 16.6. The molecule has 0 spiro atoms. The summed E-state index contributed by atoms with van der Waals surface area (Å²) in [6, 6.07) is 7.84. The van der Waals surface area contributed by atoms with Crippen LogP contribution in [-0.4, -0.2) is 30.1 Å². The molecule has 0 N–H and O–H groups in total. The fourth-order valence-corrected chi connectivity index (χ4v) is 2.24. The Kier molecular flexibility index (Phi) is 3.65. The van der Waals surface area contributed by atoms with Gasteiger partial charge in [0, 0.05) is 0 Å². The zero-order chi connectivity index (χ0) is 13.1. The van der Waals surface area contributed by atoms with Crippen LogP contribution >= 0.6 is 0 Å². The summed E-state index contributed by atoms with van der Waals surface area (Å²) >= 11 is 0. The second-order valence-corrected chi connectivity index (χ2v) is 4.38. The van der Waals surface area contributed by atoms with E-state index in [0.717, 1.165) is 17.5 Å². The molecular weight excluding hydrogens is 230 g/mol. The minimum atomic E-state index is -0.527. The van der Waals surface area contributed by atoms with Crippen LogP contribution in [0.2, 0.25) is 0 Å². The van der Waals surface area contributed by atoms with Crippen molar-refractivity contribution in [3.8, 4) is 0 Å². The van der Waals surface area contributed by atoms with Crippen LogP contribution in [0.1, 0.15) is 30.9 Å². The van der Waals surface area contributed by atoms with Crippen molar-refractivity contribution < 1.29 is 14.3 Å². The Morgan fingerprint density at radius 2 is 2.17 bits per heavy atom. The van der Waals surface area contributed by atoms with Crippen LogP contribution in [0.3, 0.4) is 0 Å². The first-order valence-electron chi connectivity index (χ1n) is 6.21. The Labute approximate surface area is 107 Å². The first-order chi connectivity index (χ1) is 8.65. The van der Waals surface area contributed by atoms with Gasteiger partial charge in [0.25, 0.3) is 0 Å². The third-order valence-electron chi connectivity index (χ3n) is 3.30. The summed E-state index contributed by atoms with van der Waals surface area (Å²) in [6.45, 7) is 4.55. The van der Waals surface area contributed by atoms with Crippen LogP contribution < -0.4 is 0 Å². The molecule has 1 atom stereocenters. The van der Waals surface area contributed by atoms with E-state index in [1.807, 2.05) is 31.2 Å². The zero-order valence-electron chi connectivity index (χ0n) is 10.7. The van der Waals surface area contributed by atoms with E-state index < -0.39 is 6.09 Å². The van der Waals surface area contributed by atoms with Gasteiger partial charge >= 0.3 is 6.09 Å². The van der Waals surface area contributed by atoms with E-state index in [4.69, 9.17) is 4.74 Å². The second-order valence-electron chi connectivity index (χ2n) is 4.38. The minimum Gasteiger partial charge on any atom is -0.447 e. The predicted molar refractivity (Wildman–Crippen MR) is 67.3 cm³/mol. The van der Waals surface area contributed by atoms with Crippen LogP contribution in [0, 0.1) is 0 Å². The van der Waals surface area contributed by atoms with Crippen molar-refractivity contribution in [1.29, 1.82) is 0 Å². The molecule has 1 aromatic rings. The van der Waals surface area contributed by atoms with Gasteiger partial charge in [0.1, 0.15) is 6.61 Å². The van der Waals surface area contributed by atoms with E-state index in [1.54, 1.807) is 0 Å². The Morgan fingerprint density at radius 3 is 2.78 bits per heavy atom. The number of imide groups is 1. The van der Waals surface area contributed by atoms with Gasteiger partial charge in [-0.25, -0.2) is 9.69 Å². The molecule has 0 unspecified atom stereocenters. The molecule has 1 heterocycles. The monoisotopic (exact) mass is 247 g/mol. The molecule has 1 fully saturated rings. The number of carbonyl (C=O) groups is 2. The number of benzene rings is 1. The maximum absolute atomic E-state index is 12.2. The predicted octanol–water partition coefficient (Wildman–Crippen LogP) is 2.33. The fraction of sp³-hybridized carbons (Fsp3) is 0.429. The van der Waals surface area contributed by atoms with Crippen molar-refractivity contribution >= 4 is 12.0 Å². The normalized spacial score (nSPS) is 16.6. The highest BCUT2D eigenvalue weighted by molar-refractivity contribution is 5.96. The van der Waals surface area contributed by atoms with Gasteiger partial charge < -0.3 is 4.74 Å². The standard InChI is InChI=1S/C14H17NO3/c1-3-11-6-4-5-7-12(11)10(2)13(16)15-8-9-18-14(15)17/h4-7,10H,3,8-9H2,1-2H3/t10-/m1/s1. The van der Waals surface area contributed by atoms with Gasteiger partial charge in [0.05, 0.1) is 12.5 Å². The van der Waals surface area contributed by atoms with Crippen molar-refractivity contribution in [2.75, 3.05) is 13.2 Å². The average molecular weight is 247 g/mol. The SMILES string of the molecule is CCc1ccccc1[C@@H](C)C(=O)N1CCOC1=O. The van der Waals surface area contributed by atoms with Crippen LogP contribution in [0.15, 0.2) is 24.3 Å². The van der Waals surface area contributed by atoms with Crippen molar-refractivity contribution in [3.05, 3.63) is 35.4 Å². The summed E-state index contributed by atoms with van der Waals surface area (Å²) in [5, 5.41) is 0. The molecule has 4 nitrogen and oxygen atoms in total. The Balaban J connectivity index is 2.22. The molecule has 1 saturated heterocycles. The molecule has 1 aromatic carbocycles. The minimum absolute atomic E-state index is 0.182. The van der Waals surface area contributed by atoms with E-state index in [2.05, 4.69) is 6.92 Å². The van der Waals surface area contributed by atoms with Crippen molar-refractivity contribution in [1.82, 2.24) is 4.90 Å². The smallest absolute Gasteiger partial charge is 0.416 e. The number of cyclic esters (lactones) is 1. The summed E-state index contributed by atoms with van der Waals surface area (Å²) < 4.78 is 4.80. The van der Waals surface area contributed by atoms with Crippen LogP contribution in [0.4, 0.5) is 4.79 Å². The summed E-state index contributed by atoms with van der Waals surface area (Å²) in [6.07, 6.45) is 0.346. The maximum atomic E-state index is 12.2. The Hall–Kier alpha value is -1.84. The third kappa shape index (κ3) is 2.23. The van der Waals surface area contributed by atoms with E-state index in [1.165, 1.54) is 4.90 Å². The molecule has 0 radical (unpaired) electrons. The number of hydrogen-bond donors (Lipinski definition) is 0. The van der Waals surface area contributed by atoms with Crippen molar-refractivity contribution in [2.24, 2.45) is 0 Å². The first kappa shape index (κ1) is 12.6. The van der Waals surface area contributed by atoms with E-state index in [0.29, 0.717) is 13.2 Å². The number of hydrogen-bond acceptors (Lipinski definition) is 3. The van der Waals surface area contributed by atoms with Gasteiger partial charge in [-0.2, -0.15) is 0 Å². The van der Waals surface area contributed by atoms with Crippen LogP contribution in [-0.2, 0) is 16.0 Å². The van der Waals surface area contributed by atoms with E-state index in [-0.39, 0.29) is 11.8 Å². The van der Waals surface area contributed by atoms with Crippen molar-refractivity contribution in [2.45, 2.75) is 26.2 Å². The number of nitrogens with zero attached hydrogens (tertiary/aromatic N) is 1. The second kappa shape index (κ2) is 5.21. The van der Waals surface area contributed by atoms with Gasteiger partial charge in [0.15, 0.2) is 0 Å². The van der Waals surface area contributed by atoms with Crippen LogP contribution in [0.5, 0.6) is 0 Å². The third-order valence-corrected chi connectivity index (χ3v) is 3.30. The largest absolute Gasteiger partial charge is 0.447 e. The van der Waals surface area contributed by atoms with Crippen molar-refractivity contribution in [3.63, 3.8) is 0 Å². The number of amides is 2. The summed E-state index contributed by atoms with van der Waals surface area (Å²) in [7, 11) is 0. The molecule has 0 aliphatic carbocycles. The highest BCUT2D eigenvalue weighted by Crippen LogP contribution is 2.23. The van der Waals surface area contributed by atoms with E-state index in [9.17, 15) is 9.59 Å². The molecule has 0 aromatic heterocycles. The molecule has 0 bridgehead atoms. The molecular formula is C14H17NO3. The topological polar surface area (TPSA) is 46.6 Å². The number of carbonyl (C=O) groups excluding carboxylic acids is 2. The fourth-order valence-electron chi connectivity index (χ4n) is 2.24. The lowest BCUT2D eigenvalue weighted by Crippen LogP contribution is -2.35. The molecule has 2 rings (SSSR count). The van der Waals surface area contributed by atoms with Gasteiger partial charge in [-0.1, -0.05) is 31.2 Å². The number of aryl methyl sites for hydroxylation is 1. The average Bonchev–Trinajstić information content (AvgIpc) is 2.83. The Bertz CT molecular complexity index is 470. The summed E-state index contributed by atoms with van der Waals surface area (Å²) in [5.41, 5.74) is 2.13. The lowest BCUT2D eigenvalue weighted by Gasteiger charge is -2.19. The zero-order valence-corrected chi connectivity index (χ0v) is 10.7. The lowest BCUT2D eigenvalue weighted by molar-refractivity contribution is -0.128. The number of rotatable bonds is 3. The number of ether oxygens (including phenoxy) is 1. The molecule has 1 aliphatic heterocycles. The lowest BCUT2D eigenvalue weighted by atomic mass is 9.93. The van der Waals surface area contributed by atoms with Gasteiger partial charge in [0.2, 0.25) is 5.91 Å². The van der Waals surface area contributed by atoms with Gasteiger partial charge in [-0.15, -0.1) is 0 Å². The van der Waals surface area contributed by atoms with E-state index >= 15 is 0 Å². The maximum Gasteiger partial charge on any atom is 0.416 e. The van der Waals surface area contributed by atoms with Gasteiger partial charge in [-0.3, -0.25) is 4.79 Å². The molecule has 96 valence electrons. The summed E-state index contributed by atoms with van der Waals surface area (Å²) in [4.78, 5) is 24.8. The summed E-state index contributed by atoms with van der Waals surface area (Å²) in [5.74, 6) is -0.495.